The van der Waals surface area contributed by atoms with Crippen LogP contribution in [0.2, 0.25) is 0 Å². The Bertz CT molecular complexity index is 1320. The van der Waals surface area contributed by atoms with Crippen molar-refractivity contribution >= 4 is 40.6 Å². The second-order valence-electron chi connectivity index (χ2n) is 7.33. The van der Waals surface area contributed by atoms with Crippen molar-refractivity contribution < 1.29 is 19.2 Å². The number of non-ortho nitro benzene ring substituents is 1. The van der Waals surface area contributed by atoms with Crippen molar-refractivity contribution in [3.63, 3.8) is 0 Å². The fourth-order valence-corrected chi connectivity index (χ4v) is 3.54. The summed E-state index contributed by atoms with van der Waals surface area (Å²) < 4.78 is 5.42. The van der Waals surface area contributed by atoms with E-state index in [0.29, 0.717) is 5.69 Å². The zero-order chi connectivity index (χ0) is 24.2. The smallest absolute Gasteiger partial charge is 0.273 e. The molecule has 0 bridgehead atoms. The quantitative estimate of drug-likeness (QED) is 0.306. The van der Waals surface area contributed by atoms with Crippen LogP contribution in [0.4, 0.5) is 28.8 Å². The second-order valence-corrected chi connectivity index (χ2v) is 7.33. The molecule has 174 valence electrons. The van der Waals surface area contributed by atoms with Crippen LogP contribution in [0, 0.1) is 10.1 Å². The number of fused-ring (bicyclic) bond motifs is 1. The molecule has 1 aromatic heterocycles. The van der Waals surface area contributed by atoms with E-state index < -0.39 is 28.2 Å². The molecule has 12 heteroatoms. The zero-order valence-corrected chi connectivity index (χ0v) is 18.0. The summed E-state index contributed by atoms with van der Waals surface area (Å²) in [4.78, 5) is 55.6. The lowest BCUT2D eigenvalue weighted by Crippen LogP contribution is -2.36. The predicted octanol–water partition coefficient (Wildman–Crippen LogP) is 2.88. The number of benzene rings is 2. The Balaban J connectivity index is 1.64. The van der Waals surface area contributed by atoms with Gasteiger partial charge in [0.2, 0.25) is 17.8 Å². The minimum Gasteiger partial charge on any atom is -0.491 e. The maximum Gasteiger partial charge on any atom is 0.273 e. The Morgan fingerprint density at radius 2 is 2.00 bits per heavy atom. The first kappa shape index (κ1) is 22.5. The van der Waals surface area contributed by atoms with Crippen LogP contribution in [0.25, 0.3) is 0 Å². The molecule has 4 N–H and O–H groups in total. The molecular weight excluding hydrogens is 444 g/mol. The molecule has 0 aliphatic carbocycles. The number of aromatic amines is 1. The number of rotatable bonds is 7. The number of hydrogen-bond donors (Lipinski definition) is 4. The number of nitrogens with zero attached hydrogens (tertiary/aromatic N) is 2. The number of aromatic nitrogens is 2. The van der Waals surface area contributed by atoms with Gasteiger partial charge >= 0.3 is 0 Å². The average Bonchev–Trinajstić information content (AvgIpc) is 2.80. The monoisotopic (exact) mass is 464 g/mol. The predicted molar refractivity (Wildman–Crippen MR) is 123 cm³/mol. The van der Waals surface area contributed by atoms with E-state index in [1.807, 2.05) is 6.07 Å². The number of ether oxygens (including phenoxy) is 1. The lowest BCUT2D eigenvalue weighted by molar-refractivity contribution is -0.384. The summed E-state index contributed by atoms with van der Waals surface area (Å²) in [6.07, 6.45) is -0.272. The summed E-state index contributed by atoms with van der Waals surface area (Å²) in [5.41, 5.74) is 0.0659. The number of amides is 2. The minimum atomic E-state index is -1.13. The van der Waals surface area contributed by atoms with Gasteiger partial charge in [-0.3, -0.25) is 29.5 Å². The van der Waals surface area contributed by atoms with Crippen LogP contribution >= 0.6 is 0 Å². The van der Waals surface area contributed by atoms with Crippen LogP contribution < -0.4 is 26.2 Å². The van der Waals surface area contributed by atoms with Gasteiger partial charge < -0.3 is 20.7 Å². The molecule has 0 saturated heterocycles. The van der Waals surface area contributed by atoms with E-state index in [1.54, 1.807) is 31.2 Å². The Labute approximate surface area is 192 Å². The highest BCUT2D eigenvalue weighted by atomic mass is 16.6. The van der Waals surface area contributed by atoms with Crippen LogP contribution in [-0.2, 0) is 9.59 Å². The SMILES string of the molecule is CCOc1cc([N+](=O)[O-])ccc1NC(=O)[C@@H]1CC(=O)Nc2nc(Nc3ccccc3)[nH]c(=O)c21. The molecule has 4 rings (SSSR count). The van der Waals surface area contributed by atoms with Gasteiger partial charge in [0.25, 0.3) is 11.2 Å². The number of anilines is 4. The second kappa shape index (κ2) is 9.40. The Kier molecular flexibility index (Phi) is 6.21. The summed E-state index contributed by atoms with van der Waals surface area (Å²) in [6, 6.07) is 12.7. The highest BCUT2D eigenvalue weighted by Gasteiger charge is 2.35. The largest absolute Gasteiger partial charge is 0.491 e. The lowest BCUT2D eigenvalue weighted by atomic mass is 9.92. The Morgan fingerprint density at radius 1 is 1.24 bits per heavy atom. The molecule has 1 aliphatic rings. The number of hydrogen-bond acceptors (Lipinski definition) is 8. The van der Waals surface area contributed by atoms with Gasteiger partial charge in [0.1, 0.15) is 11.6 Å². The van der Waals surface area contributed by atoms with E-state index in [0.717, 1.165) is 0 Å². The van der Waals surface area contributed by atoms with E-state index in [2.05, 4.69) is 25.9 Å². The number of nitro benzene ring substituents is 1. The van der Waals surface area contributed by atoms with Gasteiger partial charge in [-0.2, -0.15) is 4.98 Å². The molecule has 0 radical (unpaired) electrons. The van der Waals surface area contributed by atoms with E-state index >= 15 is 0 Å². The van der Waals surface area contributed by atoms with Gasteiger partial charge in [0.15, 0.2) is 0 Å². The molecule has 2 aromatic carbocycles. The maximum absolute atomic E-state index is 13.1. The van der Waals surface area contributed by atoms with E-state index in [9.17, 15) is 24.5 Å². The van der Waals surface area contributed by atoms with E-state index in [1.165, 1.54) is 18.2 Å². The molecule has 0 unspecified atom stereocenters. The molecule has 0 saturated carbocycles. The third kappa shape index (κ3) is 4.70. The minimum absolute atomic E-state index is 0.00980. The molecule has 0 spiro atoms. The molecule has 12 nitrogen and oxygen atoms in total. The summed E-state index contributed by atoms with van der Waals surface area (Å²) in [7, 11) is 0. The van der Waals surface area contributed by atoms with Gasteiger partial charge in [-0.25, -0.2) is 0 Å². The van der Waals surface area contributed by atoms with Gasteiger partial charge in [-0.05, 0) is 25.1 Å². The summed E-state index contributed by atoms with van der Waals surface area (Å²) >= 11 is 0. The summed E-state index contributed by atoms with van der Waals surface area (Å²) in [6.45, 7) is 1.90. The number of carbonyl (C=O) groups excluding carboxylic acids is 2. The van der Waals surface area contributed by atoms with Crippen LogP contribution in [-0.4, -0.2) is 33.3 Å². The lowest BCUT2D eigenvalue weighted by Gasteiger charge is -2.24. The van der Waals surface area contributed by atoms with Crippen LogP contribution in [0.1, 0.15) is 24.8 Å². The topological polar surface area (TPSA) is 168 Å². The molecular formula is C22H20N6O6. The van der Waals surface area contributed by atoms with Gasteiger partial charge in [0, 0.05) is 18.2 Å². The standard InChI is InChI=1S/C22H20N6O6/c1-2-34-16-10-13(28(32)33)8-9-15(16)24-20(30)14-11-17(29)25-19-18(14)21(31)27-22(26-19)23-12-6-4-3-5-7-12/h3-10,14H,2,11H2,1H3,(H,24,30)(H3,23,25,26,27,29,31)/t14-/m1/s1. The number of H-pyrrole nitrogens is 1. The van der Waals surface area contributed by atoms with Gasteiger partial charge in [-0.1, -0.05) is 18.2 Å². The fraction of sp³-hybridized carbons (Fsp3) is 0.182. The van der Waals surface area contributed by atoms with E-state index in [4.69, 9.17) is 4.74 Å². The third-order valence-corrected chi connectivity index (χ3v) is 5.04. The number of para-hydroxylation sites is 1. The van der Waals surface area contributed by atoms with Crippen molar-refractivity contribution in [3.05, 3.63) is 74.6 Å². The molecule has 2 heterocycles. The van der Waals surface area contributed by atoms with Crippen molar-refractivity contribution in [2.45, 2.75) is 19.3 Å². The maximum atomic E-state index is 13.1. The van der Waals surface area contributed by atoms with Crippen molar-refractivity contribution in [2.75, 3.05) is 22.6 Å². The summed E-state index contributed by atoms with van der Waals surface area (Å²) in [5, 5.41) is 19.1. The van der Waals surface area contributed by atoms with Crippen LogP contribution in [0.5, 0.6) is 5.75 Å². The van der Waals surface area contributed by atoms with Crippen LogP contribution in [0.15, 0.2) is 53.3 Å². The summed E-state index contributed by atoms with van der Waals surface area (Å²) in [5.74, 6) is -2.08. The van der Waals surface area contributed by atoms with Crippen molar-refractivity contribution in [1.82, 2.24) is 9.97 Å². The van der Waals surface area contributed by atoms with Gasteiger partial charge in [-0.15, -0.1) is 0 Å². The molecule has 3 aromatic rings. The van der Waals surface area contributed by atoms with Crippen LogP contribution in [0.3, 0.4) is 0 Å². The molecule has 1 atom stereocenters. The fourth-order valence-electron chi connectivity index (χ4n) is 3.54. The Morgan fingerprint density at radius 3 is 2.71 bits per heavy atom. The number of nitrogens with one attached hydrogen (secondary N) is 4. The first-order chi connectivity index (χ1) is 16.4. The third-order valence-electron chi connectivity index (χ3n) is 5.04. The Hall–Kier alpha value is -4.74. The highest BCUT2D eigenvalue weighted by Crippen LogP contribution is 2.33. The first-order valence-electron chi connectivity index (χ1n) is 10.3. The van der Waals surface area contributed by atoms with Crippen molar-refractivity contribution in [2.24, 2.45) is 0 Å². The normalized spacial score (nSPS) is 14.5. The highest BCUT2D eigenvalue weighted by molar-refractivity contribution is 6.05. The zero-order valence-electron chi connectivity index (χ0n) is 18.0. The molecule has 2 amide bonds. The molecule has 34 heavy (non-hydrogen) atoms. The van der Waals surface area contributed by atoms with Gasteiger partial charge in [0.05, 0.1) is 34.8 Å². The first-order valence-corrected chi connectivity index (χ1v) is 10.3. The van der Waals surface area contributed by atoms with Crippen molar-refractivity contribution in [3.8, 4) is 5.75 Å². The molecule has 0 fully saturated rings. The number of nitro groups is 1. The average molecular weight is 464 g/mol. The molecule has 1 aliphatic heterocycles. The van der Waals surface area contributed by atoms with Crippen molar-refractivity contribution in [1.29, 1.82) is 0 Å². The van der Waals surface area contributed by atoms with E-state index in [-0.39, 0.29) is 47.5 Å². The number of carbonyl (C=O) groups is 2.